The Morgan fingerprint density at radius 3 is 2.08 bits per heavy atom. The van der Waals surface area contributed by atoms with Gasteiger partial charge in [-0.15, -0.1) is 10.2 Å². The zero-order valence-electron chi connectivity index (χ0n) is 13.4. The number of aromatic nitrogens is 2. The van der Waals surface area contributed by atoms with Crippen LogP contribution < -0.4 is 0 Å². The number of sulfone groups is 2. The second kappa shape index (κ2) is 7.22. The Balaban J connectivity index is 1.77. The van der Waals surface area contributed by atoms with Crippen molar-refractivity contribution in [2.75, 3.05) is 0 Å². The first-order valence-corrected chi connectivity index (χ1v) is 10.7. The van der Waals surface area contributed by atoms with Crippen LogP contribution >= 0.6 is 0 Å². The van der Waals surface area contributed by atoms with Crippen molar-refractivity contribution in [3.05, 3.63) is 77.4 Å². The Bertz CT molecular complexity index is 1120. The molecule has 0 spiro atoms. The van der Waals surface area contributed by atoms with Gasteiger partial charge in [-0.3, -0.25) is 0 Å². The lowest BCUT2D eigenvalue weighted by molar-refractivity contribution is 0.520. The minimum Gasteiger partial charge on any atom is -0.420 e. The molecule has 0 aliphatic rings. The van der Waals surface area contributed by atoms with Crippen LogP contribution in [0.4, 0.5) is 0 Å². The van der Waals surface area contributed by atoms with Crippen molar-refractivity contribution < 1.29 is 21.3 Å². The van der Waals surface area contributed by atoms with Gasteiger partial charge in [-0.25, -0.2) is 16.8 Å². The van der Waals surface area contributed by atoms with Gasteiger partial charge in [0.1, 0.15) is 5.75 Å². The Morgan fingerprint density at radius 2 is 1.42 bits per heavy atom. The Morgan fingerprint density at radius 1 is 0.808 bits per heavy atom. The number of nitrogens with zero attached hydrogens (tertiary/aromatic N) is 2. The number of rotatable bonds is 6. The van der Waals surface area contributed by atoms with Crippen LogP contribution in [0.25, 0.3) is 11.5 Å². The average molecular weight is 390 g/mol. The zero-order chi connectivity index (χ0) is 18.6. The zero-order valence-corrected chi connectivity index (χ0v) is 15.0. The maximum Gasteiger partial charge on any atom is 0.247 e. The van der Waals surface area contributed by atoms with Gasteiger partial charge in [0.25, 0.3) is 0 Å². The molecular weight excluding hydrogens is 376 g/mol. The first-order valence-electron chi connectivity index (χ1n) is 7.44. The molecule has 134 valence electrons. The van der Waals surface area contributed by atoms with Gasteiger partial charge in [0.05, 0.1) is 4.90 Å². The SMILES string of the molecule is O=S(=O)(/C=C/S(=O)(=O)c1ccccc1)Cc1nnc(-c2ccccc2)o1. The fourth-order valence-electron chi connectivity index (χ4n) is 2.08. The number of hydrogen-bond acceptors (Lipinski definition) is 7. The van der Waals surface area contributed by atoms with Crippen LogP contribution in [0, 0.1) is 0 Å². The fourth-order valence-corrected chi connectivity index (χ4v) is 4.59. The summed E-state index contributed by atoms with van der Waals surface area (Å²) in [5.74, 6) is -0.518. The van der Waals surface area contributed by atoms with Gasteiger partial charge >= 0.3 is 0 Å². The van der Waals surface area contributed by atoms with E-state index in [0.717, 1.165) is 0 Å². The molecule has 2 aromatic carbocycles. The highest BCUT2D eigenvalue weighted by Gasteiger charge is 2.17. The molecule has 9 heteroatoms. The molecule has 0 unspecified atom stereocenters. The molecule has 0 bridgehead atoms. The van der Waals surface area contributed by atoms with Crippen LogP contribution in [0.15, 0.2) is 80.8 Å². The monoisotopic (exact) mass is 390 g/mol. The lowest BCUT2D eigenvalue weighted by Gasteiger charge is -1.98. The van der Waals surface area contributed by atoms with Crippen LogP contribution in [-0.4, -0.2) is 27.0 Å². The van der Waals surface area contributed by atoms with Gasteiger partial charge in [0, 0.05) is 16.4 Å². The van der Waals surface area contributed by atoms with Gasteiger partial charge in [-0.2, -0.15) is 0 Å². The molecule has 1 heterocycles. The summed E-state index contributed by atoms with van der Waals surface area (Å²) < 4.78 is 53.9. The summed E-state index contributed by atoms with van der Waals surface area (Å²) >= 11 is 0. The van der Waals surface area contributed by atoms with E-state index in [4.69, 9.17) is 4.42 Å². The van der Waals surface area contributed by atoms with Gasteiger partial charge in [-0.1, -0.05) is 36.4 Å². The highest BCUT2D eigenvalue weighted by atomic mass is 32.2. The third kappa shape index (κ3) is 4.44. The van der Waals surface area contributed by atoms with Gasteiger partial charge < -0.3 is 4.42 Å². The van der Waals surface area contributed by atoms with Crippen LogP contribution in [0.5, 0.6) is 0 Å². The molecule has 0 amide bonds. The predicted octanol–water partition coefficient (Wildman–Crippen LogP) is 2.60. The molecule has 0 aliphatic heterocycles. The van der Waals surface area contributed by atoms with Crippen molar-refractivity contribution in [1.29, 1.82) is 0 Å². The molecule has 0 saturated heterocycles. The molecule has 26 heavy (non-hydrogen) atoms. The molecule has 3 rings (SSSR count). The summed E-state index contributed by atoms with van der Waals surface area (Å²) in [4.78, 5) is 0.00982. The molecule has 0 aliphatic carbocycles. The normalized spacial score (nSPS) is 12.5. The molecular formula is C17H14N2O5S2. The van der Waals surface area contributed by atoms with E-state index in [-0.39, 0.29) is 16.7 Å². The lowest BCUT2D eigenvalue weighted by atomic mass is 10.2. The third-order valence-corrected chi connectivity index (χ3v) is 6.12. The average Bonchev–Trinajstić information content (AvgIpc) is 3.10. The summed E-state index contributed by atoms with van der Waals surface area (Å²) in [5, 5.41) is 8.80. The predicted molar refractivity (Wildman–Crippen MR) is 95.1 cm³/mol. The fraction of sp³-hybridized carbons (Fsp3) is 0.0588. The van der Waals surface area contributed by atoms with E-state index < -0.39 is 25.4 Å². The maximum absolute atomic E-state index is 12.1. The first kappa shape index (κ1) is 18.0. The van der Waals surface area contributed by atoms with Crippen molar-refractivity contribution in [2.24, 2.45) is 0 Å². The van der Waals surface area contributed by atoms with Crippen molar-refractivity contribution in [2.45, 2.75) is 10.6 Å². The molecule has 7 nitrogen and oxygen atoms in total. The molecule has 0 fully saturated rings. The molecule has 0 atom stereocenters. The molecule has 3 aromatic rings. The maximum atomic E-state index is 12.1. The molecule has 0 saturated carbocycles. The van der Waals surface area contributed by atoms with Crippen LogP contribution in [0.1, 0.15) is 5.89 Å². The number of benzene rings is 2. The quantitative estimate of drug-likeness (QED) is 0.636. The lowest BCUT2D eigenvalue weighted by Crippen LogP contribution is -2.03. The summed E-state index contributed by atoms with van der Waals surface area (Å²) in [5.41, 5.74) is 0.658. The van der Waals surface area contributed by atoms with E-state index in [1.807, 2.05) is 6.07 Å². The standard InChI is InChI=1S/C17H14N2O5S2/c20-25(21,11-12-26(22,23)15-9-5-2-6-10-15)13-16-18-19-17(24-16)14-7-3-1-4-8-14/h1-12H,13H2/b12-11+. The van der Waals surface area contributed by atoms with Crippen LogP contribution in [0.2, 0.25) is 0 Å². The number of hydrogen-bond donors (Lipinski definition) is 0. The Labute approximate surface area is 150 Å². The minimum absolute atomic E-state index is 0.00982. The molecule has 0 radical (unpaired) electrons. The van der Waals surface area contributed by atoms with Crippen molar-refractivity contribution in [1.82, 2.24) is 10.2 Å². The summed E-state index contributed by atoms with van der Waals surface area (Å²) in [7, 11) is -7.75. The van der Waals surface area contributed by atoms with E-state index in [1.54, 1.807) is 42.5 Å². The summed E-state index contributed by atoms with van der Waals surface area (Å²) in [6.45, 7) is 0. The second-order valence-electron chi connectivity index (χ2n) is 5.30. The van der Waals surface area contributed by atoms with Crippen LogP contribution in [0.3, 0.4) is 0 Å². The Hall–Kier alpha value is -2.78. The van der Waals surface area contributed by atoms with Crippen molar-refractivity contribution >= 4 is 19.7 Å². The van der Waals surface area contributed by atoms with Crippen molar-refractivity contribution in [3.8, 4) is 11.5 Å². The summed E-state index contributed by atoms with van der Waals surface area (Å²) in [6.07, 6.45) is 0. The second-order valence-corrected chi connectivity index (χ2v) is 9.02. The van der Waals surface area contributed by atoms with Gasteiger partial charge in [0.2, 0.25) is 21.6 Å². The largest absolute Gasteiger partial charge is 0.420 e. The topological polar surface area (TPSA) is 107 Å². The highest BCUT2D eigenvalue weighted by molar-refractivity contribution is 7.97. The molecule has 1 aromatic heterocycles. The van der Waals surface area contributed by atoms with E-state index in [9.17, 15) is 16.8 Å². The van der Waals surface area contributed by atoms with Gasteiger partial charge in [-0.05, 0) is 24.3 Å². The van der Waals surface area contributed by atoms with Gasteiger partial charge in [0.15, 0.2) is 9.84 Å². The third-order valence-electron chi connectivity index (χ3n) is 3.33. The highest BCUT2D eigenvalue weighted by Crippen LogP contribution is 2.19. The van der Waals surface area contributed by atoms with E-state index in [0.29, 0.717) is 16.4 Å². The Kier molecular flexibility index (Phi) is 5.01. The van der Waals surface area contributed by atoms with E-state index >= 15 is 0 Å². The van der Waals surface area contributed by atoms with Crippen molar-refractivity contribution in [3.63, 3.8) is 0 Å². The minimum atomic E-state index is -3.90. The molecule has 0 N–H and O–H groups in total. The first-order chi connectivity index (χ1) is 12.4. The summed E-state index contributed by atoms with van der Waals surface area (Å²) in [6, 6.07) is 16.4. The van der Waals surface area contributed by atoms with Crippen LogP contribution in [-0.2, 0) is 25.4 Å². The van der Waals surface area contributed by atoms with E-state index in [1.165, 1.54) is 12.1 Å². The smallest absolute Gasteiger partial charge is 0.247 e. The van der Waals surface area contributed by atoms with E-state index in [2.05, 4.69) is 10.2 Å².